The highest BCUT2D eigenvalue weighted by molar-refractivity contribution is 5.89. The number of nitrogens with zero attached hydrogens (tertiary/aromatic N) is 4. The maximum Gasteiger partial charge on any atom is 0.573 e. The highest BCUT2D eigenvalue weighted by atomic mass is 19.4. The van der Waals surface area contributed by atoms with E-state index >= 15 is 0 Å². The molecule has 8 rings (SSSR count). The third kappa shape index (κ3) is 12.1. The lowest BCUT2D eigenvalue weighted by Gasteiger charge is -2.45. The second kappa shape index (κ2) is 18.3. The molecule has 2 aliphatic rings. The maximum atomic E-state index is 12.5. The number of aromatic nitrogens is 4. The normalized spacial score (nSPS) is 18.2. The zero-order valence-corrected chi connectivity index (χ0v) is 40.3. The Kier molecular flexibility index (Phi) is 13.5. The van der Waals surface area contributed by atoms with Gasteiger partial charge in [-0.2, -0.15) is 0 Å². The summed E-state index contributed by atoms with van der Waals surface area (Å²) in [5.41, 5.74) is 8.43. The highest BCUT2D eigenvalue weighted by Crippen LogP contribution is 2.53. The lowest BCUT2D eigenvalue weighted by molar-refractivity contribution is -0.275. The number of fused-ring (bicyclic) bond motifs is 2. The molecule has 0 radical (unpaired) electrons. The van der Waals surface area contributed by atoms with Crippen molar-refractivity contribution in [3.8, 4) is 11.5 Å². The number of ether oxygens (including phenoxy) is 2. The van der Waals surface area contributed by atoms with E-state index < -0.39 is 12.7 Å². The summed E-state index contributed by atoms with van der Waals surface area (Å²) >= 11 is 0. The summed E-state index contributed by atoms with van der Waals surface area (Å²) in [5.74, 6) is 0.673. The molecule has 16 heteroatoms. The first-order chi connectivity index (χ1) is 31.5. The zero-order valence-electron chi connectivity index (χ0n) is 40.3. The molecule has 366 valence electrons. The number of aliphatic hydroxyl groups is 1. The summed E-state index contributed by atoms with van der Waals surface area (Å²) in [5, 5.41) is 16.3. The molecular formula is C52H62F6N6O4. The predicted molar refractivity (Wildman–Crippen MR) is 254 cm³/mol. The SMILES string of the molecule is Cc1cc2c(cc1C=O)nc(Nc1ccc(OC(F)(F)F)cc1)n2C1CC(C)(C)CC(C)(C)C1.Cc1cc2c(cc1CO)nc(Nc1ccc(OC(F)(F)F)cc1)n2C1CC(C)(C)CC(C)(C)C1. The Labute approximate surface area is 393 Å². The van der Waals surface area contributed by atoms with Gasteiger partial charge in [-0.25, -0.2) is 9.97 Å². The van der Waals surface area contributed by atoms with Gasteiger partial charge < -0.3 is 34.3 Å². The molecule has 0 atom stereocenters. The number of rotatable bonds is 10. The molecule has 0 saturated heterocycles. The molecule has 0 amide bonds. The van der Waals surface area contributed by atoms with Gasteiger partial charge in [-0.1, -0.05) is 55.4 Å². The van der Waals surface area contributed by atoms with Gasteiger partial charge in [-0.05, 0) is 164 Å². The average molecular weight is 949 g/mol. The number of anilines is 4. The Balaban J connectivity index is 0.000000201. The van der Waals surface area contributed by atoms with Crippen molar-refractivity contribution in [1.82, 2.24) is 19.1 Å². The number of carbonyl (C=O) groups is 1. The van der Waals surface area contributed by atoms with Gasteiger partial charge in [0.2, 0.25) is 11.9 Å². The smallest absolute Gasteiger partial charge is 0.406 e. The van der Waals surface area contributed by atoms with Crippen LogP contribution in [0.25, 0.3) is 22.1 Å². The number of hydrogen-bond donors (Lipinski definition) is 3. The molecule has 0 unspecified atom stereocenters. The molecule has 10 nitrogen and oxygen atoms in total. The van der Waals surface area contributed by atoms with Crippen molar-refractivity contribution in [2.24, 2.45) is 21.7 Å². The van der Waals surface area contributed by atoms with Crippen LogP contribution in [0.3, 0.4) is 0 Å². The van der Waals surface area contributed by atoms with E-state index in [0.717, 1.165) is 78.1 Å². The summed E-state index contributed by atoms with van der Waals surface area (Å²) < 4.78 is 87.5. The van der Waals surface area contributed by atoms with Crippen LogP contribution in [0.5, 0.6) is 11.5 Å². The van der Waals surface area contributed by atoms with Crippen molar-refractivity contribution < 1.29 is 45.7 Å². The minimum absolute atomic E-state index is 0.0679. The van der Waals surface area contributed by atoms with Crippen molar-refractivity contribution >= 4 is 51.6 Å². The fourth-order valence-corrected chi connectivity index (χ4v) is 11.4. The minimum atomic E-state index is -4.74. The first-order valence-corrected chi connectivity index (χ1v) is 22.9. The molecule has 2 aliphatic carbocycles. The first kappa shape index (κ1) is 50.1. The van der Waals surface area contributed by atoms with Crippen LogP contribution in [-0.4, -0.2) is 43.2 Å². The molecule has 0 bridgehead atoms. The van der Waals surface area contributed by atoms with Crippen LogP contribution in [0.15, 0.2) is 72.8 Å². The van der Waals surface area contributed by atoms with Gasteiger partial charge in [0.25, 0.3) is 0 Å². The number of alkyl halides is 6. The first-order valence-electron chi connectivity index (χ1n) is 22.9. The van der Waals surface area contributed by atoms with Crippen molar-refractivity contribution in [2.75, 3.05) is 10.6 Å². The second-order valence-corrected chi connectivity index (χ2v) is 21.9. The Morgan fingerprint density at radius 1 is 0.618 bits per heavy atom. The summed E-state index contributed by atoms with van der Waals surface area (Å²) in [4.78, 5) is 21.1. The molecule has 6 aromatic rings. The number of nitrogens with one attached hydrogen (secondary N) is 2. The number of hydrogen-bond acceptors (Lipinski definition) is 8. The Hall–Kier alpha value is -5.77. The zero-order chi connectivity index (χ0) is 49.8. The van der Waals surface area contributed by atoms with Gasteiger partial charge in [-0.15, -0.1) is 26.3 Å². The summed E-state index contributed by atoms with van der Waals surface area (Å²) in [7, 11) is 0. The molecular weight excluding hydrogens is 887 g/mol. The van der Waals surface area contributed by atoms with Crippen LogP contribution in [0.4, 0.5) is 49.6 Å². The molecule has 2 fully saturated rings. The van der Waals surface area contributed by atoms with Crippen LogP contribution >= 0.6 is 0 Å². The van der Waals surface area contributed by atoms with Crippen LogP contribution in [0, 0.1) is 35.5 Å². The molecule has 0 spiro atoms. The molecule has 2 saturated carbocycles. The summed E-state index contributed by atoms with van der Waals surface area (Å²) in [6.45, 7) is 22.1. The monoisotopic (exact) mass is 948 g/mol. The molecule has 0 aliphatic heterocycles. The van der Waals surface area contributed by atoms with Gasteiger partial charge in [0.05, 0.1) is 28.7 Å². The van der Waals surface area contributed by atoms with E-state index in [1.54, 1.807) is 18.2 Å². The lowest BCUT2D eigenvalue weighted by atomic mass is 9.63. The number of aryl methyl sites for hydroxylation is 2. The topological polar surface area (TPSA) is 115 Å². The average Bonchev–Trinajstić information content (AvgIpc) is 3.71. The van der Waals surface area contributed by atoms with Gasteiger partial charge >= 0.3 is 12.7 Å². The fraction of sp³-hybridized carbons (Fsp3) is 0.481. The van der Waals surface area contributed by atoms with Gasteiger partial charge in [0.15, 0.2) is 0 Å². The van der Waals surface area contributed by atoms with E-state index in [0.29, 0.717) is 34.4 Å². The van der Waals surface area contributed by atoms with E-state index in [1.165, 1.54) is 36.4 Å². The maximum absolute atomic E-state index is 12.5. The van der Waals surface area contributed by atoms with E-state index in [2.05, 4.69) is 90.7 Å². The third-order valence-electron chi connectivity index (χ3n) is 13.0. The minimum Gasteiger partial charge on any atom is -0.406 e. The van der Waals surface area contributed by atoms with E-state index in [4.69, 9.17) is 9.97 Å². The van der Waals surface area contributed by atoms with Crippen molar-refractivity contribution in [3.05, 3.63) is 95.1 Å². The van der Waals surface area contributed by atoms with E-state index in [1.807, 2.05) is 26.0 Å². The summed E-state index contributed by atoms with van der Waals surface area (Å²) in [6.07, 6.45) is -2.52. The van der Waals surface area contributed by atoms with Crippen molar-refractivity contribution in [2.45, 2.75) is 139 Å². The Bertz CT molecular complexity index is 2740. The molecule has 68 heavy (non-hydrogen) atoms. The molecule has 3 N–H and O–H groups in total. The number of aliphatic hydroxyl groups excluding tert-OH is 1. The van der Waals surface area contributed by atoms with Crippen molar-refractivity contribution in [3.63, 3.8) is 0 Å². The van der Waals surface area contributed by atoms with E-state index in [-0.39, 0.29) is 51.8 Å². The lowest BCUT2D eigenvalue weighted by Crippen LogP contribution is -2.35. The molecule has 2 heterocycles. The number of imidazole rings is 2. The van der Waals surface area contributed by atoms with Crippen LogP contribution in [-0.2, 0) is 6.61 Å². The summed E-state index contributed by atoms with van der Waals surface area (Å²) in [6, 6.07) is 19.4. The Morgan fingerprint density at radius 3 is 1.34 bits per heavy atom. The van der Waals surface area contributed by atoms with E-state index in [9.17, 15) is 36.2 Å². The van der Waals surface area contributed by atoms with Crippen LogP contribution in [0.1, 0.15) is 133 Å². The second-order valence-electron chi connectivity index (χ2n) is 21.9. The predicted octanol–water partition coefficient (Wildman–Crippen LogP) is 14.8. The van der Waals surface area contributed by atoms with Gasteiger partial charge in [-0.3, -0.25) is 4.79 Å². The number of carbonyl (C=O) groups excluding carboxylic acids is 1. The van der Waals surface area contributed by atoms with Gasteiger partial charge in [0.1, 0.15) is 17.8 Å². The number of benzene rings is 4. The highest BCUT2D eigenvalue weighted by Gasteiger charge is 2.42. The fourth-order valence-electron chi connectivity index (χ4n) is 11.4. The quantitative estimate of drug-likeness (QED) is 0.0919. The van der Waals surface area contributed by atoms with Crippen LogP contribution in [0.2, 0.25) is 0 Å². The molecule has 2 aromatic heterocycles. The van der Waals surface area contributed by atoms with Crippen molar-refractivity contribution in [1.29, 1.82) is 0 Å². The molecule has 4 aromatic carbocycles. The van der Waals surface area contributed by atoms with Gasteiger partial charge in [0, 0.05) is 29.0 Å². The standard InChI is InChI=1S/C26H32F3N3O2.C26H30F3N3O2/c2*1-16-10-22-21(11-17(16)14-33)31-23(30-18-6-8-20(9-7-18)34-26(27,28)29)32(22)19-12-24(2,3)15-25(4,5)13-19/h6-11,19,33H,12-15H2,1-5H3,(H,30,31);6-11,14,19H,12-13,15H2,1-5H3,(H,30,31). The number of aldehydes is 1. The number of halogens is 6. The Morgan fingerprint density at radius 2 is 0.985 bits per heavy atom. The third-order valence-corrected chi connectivity index (χ3v) is 13.0. The van der Waals surface area contributed by atoms with Crippen LogP contribution < -0.4 is 20.1 Å². The largest absolute Gasteiger partial charge is 0.573 e.